The summed E-state index contributed by atoms with van der Waals surface area (Å²) < 4.78 is 2.10. The van der Waals surface area contributed by atoms with Crippen molar-refractivity contribution in [3.63, 3.8) is 0 Å². The second-order valence-corrected chi connectivity index (χ2v) is 6.31. The summed E-state index contributed by atoms with van der Waals surface area (Å²) in [6.07, 6.45) is 6.83. The number of aromatic nitrogens is 3. The van der Waals surface area contributed by atoms with Crippen LogP contribution in [0, 0.1) is 6.92 Å². The second-order valence-electron chi connectivity index (χ2n) is 5.46. The highest BCUT2D eigenvalue weighted by molar-refractivity contribution is 9.10. The molecular weight excluding hydrogens is 348 g/mol. The van der Waals surface area contributed by atoms with Crippen molar-refractivity contribution in [3.8, 4) is 0 Å². The van der Waals surface area contributed by atoms with Crippen molar-refractivity contribution in [1.29, 1.82) is 0 Å². The van der Waals surface area contributed by atoms with Crippen molar-refractivity contribution in [2.45, 2.75) is 25.7 Å². The average molecular weight is 363 g/mol. The van der Waals surface area contributed by atoms with Gasteiger partial charge in [-0.05, 0) is 35.7 Å². The normalized spacial score (nSPS) is 14.0. The molecule has 0 saturated heterocycles. The van der Waals surface area contributed by atoms with Crippen LogP contribution in [-0.4, -0.2) is 20.4 Å². The fraction of sp³-hybridized carbons (Fsp3) is 0.333. The Labute approximate surface area is 135 Å². The summed E-state index contributed by atoms with van der Waals surface area (Å²) >= 11 is 3.19. The van der Waals surface area contributed by atoms with Gasteiger partial charge in [0.25, 0.3) is 5.91 Å². The lowest BCUT2D eigenvalue weighted by atomic mass is 10.1. The zero-order chi connectivity index (χ0) is 15.9. The molecule has 22 heavy (non-hydrogen) atoms. The van der Waals surface area contributed by atoms with E-state index in [4.69, 9.17) is 0 Å². The van der Waals surface area contributed by atoms with Crippen molar-refractivity contribution < 1.29 is 4.79 Å². The van der Waals surface area contributed by atoms with Gasteiger partial charge >= 0.3 is 0 Å². The number of hydrogen-bond donors (Lipinski definition) is 1. The van der Waals surface area contributed by atoms with Gasteiger partial charge < -0.3 is 9.88 Å². The van der Waals surface area contributed by atoms with Crippen molar-refractivity contribution >= 4 is 27.5 Å². The Bertz CT molecular complexity index is 812. The molecule has 1 aliphatic carbocycles. The molecule has 0 bridgehead atoms. The van der Waals surface area contributed by atoms with Crippen molar-refractivity contribution in [2.24, 2.45) is 7.05 Å². The number of hydrogen-bond acceptors (Lipinski definition) is 4. The minimum atomic E-state index is -0.350. The van der Waals surface area contributed by atoms with Gasteiger partial charge in [0.1, 0.15) is 11.5 Å². The number of nitrogens with one attached hydrogen (secondary N) is 1. The Morgan fingerprint density at radius 2 is 2.14 bits per heavy atom. The first-order valence-electron chi connectivity index (χ1n) is 6.96. The van der Waals surface area contributed by atoms with Gasteiger partial charge in [0.15, 0.2) is 0 Å². The van der Waals surface area contributed by atoms with Gasteiger partial charge in [-0.2, -0.15) is 0 Å². The SMILES string of the molecule is Cc1ncc(C(=O)Nc2cn(C)cc(Br)c2=O)c(C2CC2)n1. The van der Waals surface area contributed by atoms with Crippen LogP contribution < -0.4 is 10.7 Å². The number of amides is 1. The van der Waals surface area contributed by atoms with Crippen LogP contribution in [0.2, 0.25) is 0 Å². The molecule has 0 radical (unpaired) electrons. The highest BCUT2D eigenvalue weighted by Gasteiger charge is 2.30. The first-order chi connectivity index (χ1) is 10.5. The minimum Gasteiger partial charge on any atom is -0.354 e. The quantitative estimate of drug-likeness (QED) is 0.909. The molecular formula is C15H15BrN4O2. The molecule has 1 fully saturated rings. The lowest BCUT2D eigenvalue weighted by molar-refractivity contribution is 0.102. The highest BCUT2D eigenvalue weighted by Crippen LogP contribution is 2.40. The lowest BCUT2D eigenvalue weighted by Crippen LogP contribution is -2.22. The summed E-state index contributed by atoms with van der Waals surface area (Å²) in [4.78, 5) is 33.1. The van der Waals surface area contributed by atoms with E-state index < -0.39 is 0 Å². The summed E-state index contributed by atoms with van der Waals surface area (Å²) in [5.41, 5.74) is 1.18. The van der Waals surface area contributed by atoms with Crippen molar-refractivity contribution in [1.82, 2.24) is 14.5 Å². The monoisotopic (exact) mass is 362 g/mol. The van der Waals surface area contributed by atoms with Gasteiger partial charge in [0.2, 0.25) is 5.43 Å². The topological polar surface area (TPSA) is 76.9 Å². The van der Waals surface area contributed by atoms with Gasteiger partial charge in [-0.1, -0.05) is 0 Å². The maximum Gasteiger partial charge on any atom is 0.259 e. The molecule has 2 heterocycles. The number of anilines is 1. The Hall–Kier alpha value is -2.02. The summed E-state index contributed by atoms with van der Waals surface area (Å²) in [7, 11) is 1.78. The van der Waals surface area contributed by atoms with Crippen LogP contribution in [0.1, 0.15) is 40.6 Å². The fourth-order valence-corrected chi connectivity index (χ4v) is 2.81. The Balaban J connectivity index is 1.94. The summed E-state index contributed by atoms with van der Waals surface area (Å²) in [5, 5.41) is 2.67. The van der Waals surface area contributed by atoms with Crippen LogP contribution in [-0.2, 0) is 7.05 Å². The molecule has 7 heteroatoms. The predicted molar refractivity (Wildman–Crippen MR) is 86.1 cm³/mol. The van der Waals surface area contributed by atoms with Crippen LogP contribution >= 0.6 is 15.9 Å². The summed E-state index contributed by atoms with van der Waals surface area (Å²) in [5.74, 6) is 0.627. The van der Waals surface area contributed by atoms with Gasteiger partial charge in [0, 0.05) is 31.6 Å². The maximum atomic E-state index is 12.5. The largest absolute Gasteiger partial charge is 0.354 e. The van der Waals surface area contributed by atoms with Gasteiger partial charge in [0.05, 0.1) is 15.7 Å². The smallest absolute Gasteiger partial charge is 0.259 e. The number of pyridine rings is 1. The van der Waals surface area contributed by atoms with Gasteiger partial charge in [-0.25, -0.2) is 9.97 Å². The number of halogens is 1. The van der Waals surface area contributed by atoms with E-state index in [1.165, 1.54) is 6.20 Å². The molecule has 2 aromatic heterocycles. The molecule has 0 aliphatic heterocycles. The molecule has 1 amide bonds. The van der Waals surface area contributed by atoms with Crippen molar-refractivity contribution in [2.75, 3.05) is 5.32 Å². The molecule has 114 valence electrons. The molecule has 6 nitrogen and oxygen atoms in total. The molecule has 2 aromatic rings. The lowest BCUT2D eigenvalue weighted by Gasteiger charge is -2.10. The molecule has 3 rings (SSSR count). The van der Waals surface area contributed by atoms with Crippen molar-refractivity contribution in [3.05, 3.63) is 50.4 Å². The predicted octanol–water partition coefficient (Wildman–Crippen LogP) is 2.38. The number of nitrogens with zero attached hydrogens (tertiary/aromatic N) is 3. The standard InChI is InChI=1S/C15H15BrN4O2/c1-8-17-5-10(13(18-8)9-3-4-9)15(22)19-12-7-20(2)6-11(16)14(12)21/h5-7,9H,3-4H2,1-2H3,(H,19,22). The third kappa shape index (κ3) is 2.94. The molecule has 0 aromatic carbocycles. The van der Waals surface area contributed by atoms with Crippen LogP contribution in [0.4, 0.5) is 5.69 Å². The van der Waals surface area contributed by atoms with E-state index in [1.807, 2.05) is 0 Å². The van der Waals surface area contributed by atoms with Gasteiger partial charge in [-0.15, -0.1) is 0 Å². The van der Waals surface area contributed by atoms with E-state index in [9.17, 15) is 9.59 Å². The first-order valence-corrected chi connectivity index (χ1v) is 7.75. The van der Waals surface area contributed by atoms with Crippen LogP contribution in [0.5, 0.6) is 0 Å². The third-order valence-corrected chi connectivity index (χ3v) is 4.07. The fourth-order valence-electron chi connectivity index (χ4n) is 2.27. The van der Waals surface area contributed by atoms with Crippen LogP contribution in [0.25, 0.3) is 0 Å². The molecule has 1 aliphatic rings. The van der Waals surface area contributed by atoms with Gasteiger partial charge in [-0.3, -0.25) is 9.59 Å². The minimum absolute atomic E-state index is 0.226. The third-order valence-electron chi connectivity index (χ3n) is 3.51. The van der Waals surface area contributed by atoms with Crippen LogP contribution in [0.15, 0.2) is 27.9 Å². The van der Waals surface area contributed by atoms with E-state index in [0.29, 0.717) is 21.8 Å². The van der Waals surface area contributed by atoms with E-state index in [0.717, 1.165) is 18.5 Å². The molecule has 0 unspecified atom stereocenters. The Morgan fingerprint density at radius 1 is 1.41 bits per heavy atom. The van der Waals surface area contributed by atoms with E-state index in [-0.39, 0.29) is 17.0 Å². The molecule has 0 atom stereocenters. The summed E-state index contributed by atoms with van der Waals surface area (Å²) in [6.45, 7) is 1.80. The summed E-state index contributed by atoms with van der Waals surface area (Å²) in [6, 6.07) is 0. The number of carbonyl (C=O) groups is 1. The Morgan fingerprint density at radius 3 is 2.82 bits per heavy atom. The highest BCUT2D eigenvalue weighted by atomic mass is 79.9. The second kappa shape index (κ2) is 5.64. The number of aryl methyl sites for hydroxylation is 2. The Kier molecular flexibility index (Phi) is 3.82. The van der Waals surface area contributed by atoms with E-state index in [2.05, 4.69) is 31.2 Å². The number of rotatable bonds is 3. The average Bonchev–Trinajstić information content (AvgIpc) is 3.28. The maximum absolute atomic E-state index is 12.5. The first kappa shape index (κ1) is 14.9. The number of carbonyl (C=O) groups excluding carboxylic acids is 1. The van der Waals surface area contributed by atoms with E-state index >= 15 is 0 Å². The molecule has 0 spiro atoms. The zero-order valence-corrected chi connectivity index (χ0v) is 13.8. The van der Waals surface area contributed by atoms with E-state index in [1.54, 1.807) is 30.9 Å². The molecule has 1 saturated carbocycles. The van der Waals surface area contributed by atoms with Crippen LogP contribution in [0.3, 0.4) is 0 Å². The molecule has 1 N–H and O–H groups in total. The zero-order valence-electron chi connectivity index (χ0n) is 12.3.